The molecule has 6 nitrogen and oxygen atoms in total. The average Bonchev–Trinajstić information content (AvgIpc) is 2.40. The maximum absolute atomic E-state index is 11.6. The number of nitrogens with two attached hydrogens (primary N) is 1. The molecule has 132 valence electrons. The van der Waals surface area contributed by atoms with Crippen molar-refractivity contribution in [2.75, 3.05) is 19.4 Å². The summed E-state index contributed by atoms with van der Waals surface area (Å²) in [5.74, 6) is 0.519. The van der Waals surface area contributed by atoms with E-state index in [-0.39, 0.29) is 23.2 Å². The molecular formula is C15H25ClN2O4S. The highest BCUT2D eigenvalue weighted by atomic mass is 35.5. The quantitative estimate of drug-likeness (QED) is 0.681. The zero-order valence-corrected chi connectivity index (χ0v) is 15.3. The van der Waals surface area contributed by atoms with Crippen LogP contribution < -0.4 is 15.8 Å². The first kappa shape index (κ1) is 21.7. The van der Waals surface area contributed by atoms with Crippen molar-refractivity contribution in [2.24, 2.45) is 5.73 Å². The summed E-state index contributed by atoms with van der Waals surface area (Å²) in [7, 11) is -3.19. The molecule has 1 aromatic carbocycles. The van der Waals surface area contributed by atoms with E-state index < -0.39 is 15.4 Å². The van der Waals surface area contributed by atoms with Gasteiger partial charge in [-0.05, 0) is 44.5 Å². The smallest absolute Gasteiger partial charge is 0.220 e. The van der Waals surface area contributed by atoms with E-state index in [2.05, 4.69) is 5.32 Å². The molecule has 0 bridgehead atoms. The second-order valence-corrected chi connectivity index (χ2v) is 7.98. The summed E-state index contributed by atoms with van der Waals surface area (Å²) in [5.41, 5.74) is 5.35. The van der Waals surface area contributed by atoms with Gasteiger partial charge in [0, 0.05) is 24.8 Å². The summed E-state index contributed by atoms with van der Waals surface area (Å²) in [6.45, 7) is 4.50. The van der Waals surface area contributed by atoms with Crippen LogP contribution in [-0.2, 0) is 14.6 Å². The Hall–Kier alpha value is -1.31. The Morgan fingerprint density at radius 1 is 1.26 bits per heavy atom. The van der Waals surface area contributed by atoms with E-state index in [1.807, 2.05) is 13.8 Å². The van der Waals surface area contributed by atoms with Crippen LogP contribution in [0.4, 0.5) is 0 Å². The van der Waals surface area contributed by atoms with Crippen LogP contribution in [0.25, 0.3) is 0 Å². The van der Waals surface area contributed by atoms with Crippen molar-refractivity contribution in [1.29, 1.82) is 0 Å². The number of benzene rings is 1. The third-order valence-corrected chi connectivity index (χ3v) is 3.94. The van der Waals surface area contributed by atoms with Gasteiger partial charge in [0.05, 0.1) is 11.5 Å². The lowest BCUT2D eigenvalue weighted by molar-refractivity contribution is -0.121. The van der Waals surface area contributed by atoms with E-state index in [0.29, 0.717) is 31.7 Å². The molecule has 0 saturated carbocycles. The minimum atomic E-state index is -3.19. The van der Waals surface area contributed by atoms with Gasteiger partial charge in [-0.25, -0.2) is 8.42 Å². The molecule has 3 N–H and O–H groups in total. The fraction of sp³-hybridized carbons (Fsp3) is 0.533. The molecule has 8 heteroatoms. The number of carbonyl (C=O) groups excluding carboxylic acids is 1. The number of halogens is 1. The molecule has 0 unspecified atom stereocenters. The number of hydrogen-bond acceptors (Lipinski definition) is 5. The lowest BCUT2D eigenvalue weighted by Gasteiger charge is -2.18. The van der Waals surface area contributed by atoms with Gasteiger partial charge in [-0.1, -0.05) is 0 Å². The van der Waals surface area contributed by atoms with Crippen LogP contribution in [0, 0.1) is 0 Å². The number of amides is 1. The molecule has 0 saturated heterocycles. The standard InChI is InChI=1S/C15H24N2O4S.ClH/c1-15(2,16)11-17-14(18)5-4-10-21-12-6-8-13(9-7-12)22(3,19)20;/h6-9H,4-5,10-11,16H2,1-3H3,(H,17,18);1H. The third kappa shape index (κ3) is 9.43. The first-order valence-corrected chi connectivity index (χ1v) is 8.95. The number of carbonyl (C=O) groups is 1. The Balaban J connectivity index is 0.00000484. The van der Waals surface area contributed by atoms with E-state index in [9.17, 15) is 13.2 Å². The highest BCUT2D eigenvalue weighted by Crippen LogP contribution is 2.16. The lowest BCUT2D eigenvalue weighted by atomic mass is 10.1. The van der Waals surface area contributed by atoms with Crippen LogP contribution in [0.3, 0.4) is 0 Å². The fourth-order valence-corrected chi connectivity index (χ4v) is 2.25. The predicted molar refractivity (Wildman–Crippen MR) is 92.8 cm³/mol. The minimum absolute atomic E-state index is 0. The van der Waals surface area contributed by atoms with Crippen molar-refractivity contribution in [3.8, 4) is 5.75 Å². The molecule has 0 atom stereocenters. The van der Waals surface area contributed by atoms with Crippen LogP contribution in [0.15, 0.2) is 29.2 Å². The van der Waals surface area contributed by atoms with Gasteiger partial charge in [-0.3, -0.25) is 4.79 Å². The third-order valence-electron chi connectivity index (χ3n) is 2.81. The Bertz CT molecular complexity index is 595. The maximum Gasteiger partial charge on any atom is 0.220 e. The molecule has 1 amide bonds. The summed E-state index contributed by atoms with van der Waals surface area (Å²) in [6, 6.07) is 6.21. The van der Waals surface area contributed by atoms with Gasteiger partial charge in [0.15, 0.2) is 9.84 Å². The molecule has 0 aliphatic heterocycles. The van der Waals surface area contributed by atoms with Crippen molar-refractivity contribution < 1.29 is 17.9 Å². The monoisotopic (exact) mass is 364 g/mol. The van der Waals surface area contributed by atoms with Crippen molar-refractivity contribution in [2.45, 2.75) is 37.1 Å². The van der Waals surface area contributed by atoms with E-state index in [4.69, 9.17) is 10.5 Å². The normalized spacial score (nSPS) is 11.5. The van der Waals surface area contributed by atoms with Gasteiger partial charge < -0.3 is 15.8 Å². The molecule has 1 rings (SSSR count). The molecule has 0 aliphatic rings. The molecule has 23 heavy (non-hydrogen) atoms. The van der Waals surface area contributed by atoms with Gasteiger partial charge in [-0.2, -0.15) is 0 Å². The predicted octanol–water partition coefficient (Wildman–Crippen LogP) is 1.52. The summed E-state index contributed by atoms with van der Waals surface area (Å²) in [4.78, 5) is 11.8. The zero-order chi connectivity index (χ0) is 16.8. The van der Waals surface area contributed by atoms with E-state index >= 15 is 0 Å². The Morgan fingerprint density at radius 3 is 2.30 bits per heavy atom. The van der Waals surface area contributed by atoms with Crippen LogP contribution >= 0.6 is 12.4 Å². The van der Waals surface area contributed by atoms with Gasteiger partial charge in [-0.15, -0.1) is 12.4 Å². The lowest BCUT2D eigenvalue weighted by Crippen LogP contribution is -2.45. The van der Waals surface area contributed by atoms with Crippen molar-refractivity contribution in [3.05, 3.63) is 24.3 Å². The molecular weight excluding hydrogens is 340 g/mol. The molecule has 0 heterocycles. The second kappa shape index (κ2) is 9.10. The number of sulfone groups is 1. The van der Waals surface area contributed by atoms with Gasteiger partial charge >= 0.3 is 0 Å². The highest BCUT2D eigenvalue weighted by molar-refractivity contribution is 7.90. The molecule has 0 aliphatic carbocycles. The molecule has 1 aromatic rings. The number of ether oxygens (including phenoxy) is 1. The second-order valence-electron chi connectivity index (χ2n) is 5.96. The fourth-order valence-electron chi connectivity index (χ4n) is 1.62. The van der Waals surface area contributed by atoms with Crippen LogP contribution in [0.5, 0.6) is 5.75 Å². The average molecular weight is 365 g/mol. The molecule has 0 fully saturated rings. The van der Waals surface area contributed by atoms with Crippen molar-refractivity contribution in [1.82, 2.24) is 5.32 Å². The zero-order valence-electron chi connectivity index (χ0n) is 13.7. The number of hydrogen-bond donors (Lipinski definition) is 2. The topological polar surface area (TPSA) is 98.5 Å². The highest BCUT2D eigenvalue weighted by Gasteiger charge is 2.12. The Kier molecular flexibility index (Phi) is 8.58. The first-order chi connectivity index (χ1) is 10.1. The van der Waals surface area contributed by atoms with Crippen LogP contribution in [-0.4, -0.2) is 39.3 Å². The minimum Gasteiger partial charge on any atom is -0.494 e. The first-order valence-electron chi connectivity index (χ1n) is 7.06. The summed E-state index contributed by atoms with van der Waals surface area (Å²) >= 11 is 0. The summed E-state index contributed by atoms with van der Waals surface area (Å²) < 4.78 is 28.1. The summed E-state index contributed by atoms with van der Waals surface area (Å²) in [5, 5.41) is 2.76. The summed E-state index contributed by atoms with van der Waals surface area (Å²) in [6.07, 6.45) is 2.09. The Morgan fingerprint density at radius 2 is 1.83 bits per heavy atom. The van der Waals surface area contributed by atoms with Crippen molar-refractivity contribution >= 4 is 28.2 Å². The van der Waals surface area contributed by atoms with Gasteiger partial charge in [0.2, 0.25) is 5.91 Å². The maximum atomic E-state index is 11.6. The number of rotatable bonds is 8. The van der Waals surface area contributed by atoms with Gasteiger partial charge in [0.1, 0.15) is 5.75 Å². The molecule has 0 spiro atoms. The number of nitrogens with one attached hydrogen (secondary N) is 1. The van der Waals surface area contributed by atoms with Crippen LogP contribution in [0.2, 0.25) is 0 Å². The van der Waals surface area contributed by atoms with E-state index in [1.54, 1.807) is 12.1 Å². The molecule has 0 aromatic heterocycles. The Labute approximate surface area is 144 Å². The molecule has 0 radical (unpaired) electrons. The van der Waals surface area contributed by atoms with E-state index in [0.717, 1.165) is 6.26 Å². The van der Waals surface area contributed by atoms with Crippen molar-refractivity contribution in [3.63, 3.8) is 0 Å². The van der Waals surface area contributed by atoms with E-state index in [1.165, 1.54) is 12.1 Å². The SMILES string of the molecule is CC(C)(N)CNC(=O)CCCOc1ccc(S(C)(=O)=O)cc1.Cl. The van der Waals surface area contributed by atoms with Gasteiger partial charge in [0.25, 0.3) is 0 Å². The largest absolute Gasteiger partial charge is 0.494 e. The van der Waals surface area contributed by atoms with Crippen LogP contribution in [0.1, 0.15) is 26.7 Å².